The van der Waals surface area contributed by atoms with Crippen LogP contribution in [0.15, 0.2) is 66.7 Å². The van der Waals surface area contributed by atoms with Crippen molar-refractivity contribution in [1.82, 2.24) is 14.7 Å². The summed E-state index contributed by atoms with van der Waals surface area (Å²) in [5.74, 6) is 1.13. The first kappa shape index (κ1) is 26.2. The van der Waals surface area contributed by atoms with Crippen LogP contribution in [-0.2, 0) is 10.2 Å². The van der Waals surface area contributed by atoms with Crippen LogP contribution in [0.4, 0.5) is 5.82 Å². The Labute approximate surface area is 228 Å². The first-order valence-corrected chi connectivity index (χ1v) is 13.3. The SMILES string of the molecule is CC(C)(C)c1cc(NC(=O)c2ccc(OCCN3CCOCC3)c3ccccc23)n(-c2cccc(Cl)c2)n1. The summed E-state index contributed by atoms with van der Waals surface area (Å²) in [5, 5.41) is 10.2. The van der Waals surface area contributed by atoms with Gasteiger partial charge in [-0.05, 0) is 35.7 Å². The zero-order chi connectivity index (χ0) is 26.7. The van der Waals surface area contributed by atoms with Gasteiger partial charge in [-0.25, -0.2) is 4.68 Å². The van der Waals surface area contributed by atoms with Gasteiger partial charge >= 0.3 is 0 Å². The quantitative estimate of drug-likeness (QED) is 0.319. The molecule has 1 amide bonds. The lowest BCUT2D eigenvalue weighted by molar-refractivity contribution is 0.0323. The second-order valence-corrected chi connectivity index (χ2v) is 10.9. The van der Waals surface area contributed by atoms with Crippen LogP contribution in [-0.4, -0.2) is 60.0 Å². The molecule has 1 aromatic heterocycles. The topological polar surface area (TPSA) is 68.6 Å². The molecule has 38 heavy (non-hydrogen) atoms. The van der Waals surface area contributed by atoms with Crippen molar-refractivity contribution in [1.29, 1.82) is 0 Å². The monoisotopic (exact) mass is 532 g/mol. The van der Waals surface area contributed by atoms with Crippen LogP contribution in [0.2, 0.25) is 5.02 Å². The smallest absolute Gasteiger partial charge is 0.257 e. The fourth-order valence-electron chi connectivity index (χ4n) is 4.53. The van der Waals surface area contributed by atoms with Gasteiger partial charge in [0.15, 0.2) is 0 Å². The summed E-state index contributed by atoms with van der Waals surface area (Å²) >= 11 is 6.26. The number of carbonyl (C=O) groups is 1. The van der Waals surface area contributed by atoms with Crippen molar-refractivity contribution in [2.45, 2.75) is 26.2 Å². The highest BCUT2D eigenvalue weighted by Gasteiger charge is 2.23. The first-order chi connectivity index (χ1) is 18.3. The Morgan fingerprint density at radius 2 is 1.79 bits per heavy atom. The summed E-state index contributed by atoms with van der Waals surface area (Å²) in [6.07, 6.45) is 0. The van der Waals surface area contributed by atoms with Crippen LogP contribution in [0, 0.1) is 0 Å². The zero-order valence-electron chi connectivity index (χ0n) is 22.0. The van der Waals surface area contributed by atoms with Crippen LogP contribution in [0.1, 0.15) is 36.8 Å². The van der Waals surface area contributed by atoms with Crippen molar-refractivity contribution < 1.29 is 14.3 Å². The van der Waals surface area contributed by atoms with Gasteiger partial charge in [0.2, 0.25) is 0 Å². The normalized spacial score (nSPS) is 14.5. The highest BCUT2D eigenvalue weighted by Crippen LogP contribution is 2.31. The predicted octanol–water partition coefficient (Wildman–Crippen LogP) is 5.94. The lowest BCUT2D eigenvalue weighted by Crippen LogP contribution is -2.38. The van der Waals surface area contributed by atoms with Gasteiger partial charge in [0.05, 0.1) is 24.6 Å². The van der Waals surface area contributed by atoms with Gasteiger partial charge in [-0.1, -0.05) is 62.7 Å². The number of rotatable bonds is 7. The number of ether oxygens (including phenoxy) is 2. The molecule has 5 rings (SSSR count). The molecule has 0 bridgehead atoms. The largest absolute Gasteiger partial charge is 0.492 e. The summed E-state index contributed by atoms with van der Waals surface area (Å²) in [6, 6.07) is 20.9. The van der Waals surface area contributed by atoms with Crippen LogP contribution in [0.25, 0.3) is 16.5 Å². The highest BCUT2D eigenvalue weighted by molar-refractivity contribution is 6.30. The number of hydrogen-bond donors (Lipinski definition) is 1. The Bertz CT molecular complexity index is 1440. The number of carbonyl (C=O) groups excluding carboxylic acids is 1. The molecule has 0 aliphatic carbocycles. The zero-order valence-corrected chi connectivity index (χ0v) is 22.8. The van der Waals surface area contributed by atoms with E-state index in [0.717, 1.165) is 60.8 Å². The van der Waals surface area contributed by atoms with Gasteiger partial charge in [-0.3, -0.25) is 9.69 Å². The number of aromatic nitrogens is 2. The Hall–Kier alpha value is -3.39. The molecular formula is C30H33ClN4O3. The molecule has 0 spiro atoms. The van der Waals surface area contributed by atoms with E-state index in [1.807, 2.05) is 66.7 Å². The maximum absolute atomic E-state index is 13.6. The third kappa shape index (κ3) is 5.85. The lowest BCUT2D eigenvalue weighted by atomic mass is 9.92. The third-order valence-corrected chi connectivity index (χ3v) is 6.90. The van der Waals surface area contributed by atoms with Crippen molar-refractivity contribution in [2.75, 3.05) is 44.8 Å². The molecule has 0 radical (unpaired) electrons. The molecule has 0 atom stereocenters. The third-order valence-electron chi connectivity index (χ3n) is 6.67. The van der Waals surface area contributed by atoms with Crippen molar-refractivity contribution in [2.24, 2.45) is 0 Å². The average Bonchev–Trinajstić information content (AvgIpc) is 3.34. The van der Waals surface area contributed by atoms with Crippen LogP contribution < -0.4 is 10.1 Å². The molecule has 8 heteroatoms. The molecule has 1 fully saturated rings. The minimum absolute atomic E-state index is 0.198. The number of amides is 1. The summed E-state index contributed by atoms with van der Waals surface area (Å²) in [6.45, 7) is 11.1. The molecule has 1 aliphatic rings. The number of halogens is 1. The van der Waals surface area contributed by atoms with Crippen molar-refractivity contribution >= 4 is 34.1 Å². The Kier molecular flexibility index (Phi) is 7.70. The van der Waals surface area contributed by atoms with E-state index in [0.29, 0.717) is 23.0 Å². The summed E-state index contributed by atoms with van der Waals surface area (Å²) < 4.78 is 13.3. The van der Waals surface area contributed by atoms with Gasteiger partial charge in [0.25, 0.3) is 5.91 Å². The Morgan fingerprint density at radius 1 is 1.03 bits per heavy atom. The second kappa shape index (κ2) is 11.2. The number of morpholine rings is 1. The maximum Gasteiger partial charge on any atom is 0.257 e. The molecule has 1 N–H and O–H groups in total. The molecule has 7 nitrogen and oxygen atoms in total. The van der Waals surface area contributed by atoms with Crippen LogP contribution >= 0.6 is 11.6 Å². The fraction of sp³-hybridized carbons (Fsp3) is 0.333. The van der Waals surface area contributed by atoms with Crippen LogP contribution in [0.5, 0.6) is 5.75 Å². The number of nitrogens with one attached hydrogen (secondary N) is 1. The maximum atomic E-state index is 13.6. The Balaban J connectivity index is 1.41. The van der Waals surface area contributed by atoms with E-state index in [-0.39, 0.29) is 11.3 Å². The molecule has 2 heterocycles. The number of fused-ring (bicyclic) bond motifs is 1. The minimum atomic E-state index is -0.218. The Morgan fingerprint density at radius 3 is 2.53 bits per heavy atom. The number of nitrogens with zero attached hydrogens (tertiary/aromatic N) is 3. The molecule has 3 aromatic carbocycles. The molecule has 1 saturated heterocycles. The van der Waals surface area contributed by atoms with E-state index in [9.17, 15) is 4.79 Å². The van der Waals surface area contributed by atoms with Gasteiger partial charge in [0, 0.05) is 47.1 Å². The van der Waals surface area contributed by atoms with E-state index in [1.165, 1.54) is 0 Å². The van der Waals surface area contributed by atoms with Crippen LogP contribution in [0.3, 0.4) is 0 Å². The highest BCUT2D eigenvalue weighted by atomic mass is 35.5. The first-order valence-electron chi connectivity index (χ1n) is 12.9. The van der Waals surface area contributed by atoms with Crippen molar-refractivity contribution in [3.63, 3.8) is 0 Å². The molecule has 4 aromatic rings. The van der Waals surface area contributed by atoms with E-state index in [2.05, 4.69) is 31.0 Å². The molecule has 0 unspecified atom stereocenters. The van der Waals surface area contributed by atoms with Crippen molar-refractivity contribution in [3.05, 3.63) is 83.0 Å². The molecule has 198 valence electrons. The molecule has 1 aliphatic heterocycles. The summed E-state index contributed by atoms with van der Waals surface area (Å²) in [7, 11) is 0. The second-order valence-electron chi connectivity index (χ2n) is 10.5. The van der Waals surface area contributed by atoms with E-state index < -0.39 is 0 Å². The number of benzene rings is 3. The lowest BCUT2D eigenvalue weighted by Gasteiger charge is -2.26. The van der Waals surface area contributed by atoms with Crippen molar-refractivity contribution in [3.8, 4) is 11.4 Å². The van der Waals surface area contributed by atoms with E-state index in [4.69, 9.17) is 26.2 Å². The fourth-order valence-corrected chi connectivity index (χ4v) is 4.71. The van der Waals surface area contributed by atoms with Gasteiger partial charge in [0.1, 0.15) is 18.2 Å². The number of hydrogen-bond acceptors (Lipinski definition) is 5. The minimum Gasteiger partial charge on any atom is -0.492 e. The number of anilines is 1. The molecular weight excluding hydrogens is 500 g/mol. The van der Waals surface area contributed by atoms with E-state index >= 15 is 0 Å². The average molecular weight is 533 g/mol. The van der Waals surface area contributed by atoms with Gasteiger partial charge < -0.3 is 14.8 Å². The van der Waals surface area contributed by atoms with E-state index in [1.54, 1.807) is 4.68 Å². The summed E-state index contributed by atoms with van der Waals surface area (Å²) in [5.41, 5.74) is 2.01. The van der Waals surface area contributed by atoms with Gasteiger partial charge in [-0.15, -0.1) is 0 Å². The predicted molar refractivity (Wildman–Crippen MR) is 152 cm³/mol. The van der Waals surface area contributed by atoms with Gasteiger partial charge in [-0.2, -0.15) is 5.10 Å². The summed E-state index contributed by atoms with van der Waals surface area (Å²) in [4.78, 5) is 16.0. The molecule has 0 saturated carbocycles. The standard InChI is InChI=1S/C30H33ClN4O3/c1-30(2,3)27-20-28(35(33-27)22-8-6-7-21(31)19-22)32-29(36)25-11-12-26(24-10-5-4-9-23(24)25)38-18-15-34-13-16-37-17-14-34/h4-12,19-20H,13-18H2,1-3H3,(H,32,36).